The number of hydrogen-bond acceptors (Lipinski definition) is 7. The molecule has 0 unspecified atom stereocenters. The fourth-order valence-electron chi connectivity index (χ4n) is 2.95. The lowest BCUT2D eigenvalue weighted by atomic mass is 10.2. The molecule has 0 saturated heterocycles. The molecule has 152 valence electrons. The Morgan fingerprint density at radius 2 is 2.07 bits per heavy atom. The van der Waals surface area contributed by atoms with Crippen molar-refractivity contribution in [2.45, 2.75) is 27.0 Å². The predicted octanol–water partition coefficient (Wildman–Crippen LogP) is 2.43. The molecule has 3 aromatic heterocycles. The van der Waals surface area contributed by atoms with Gasteiger partial charge in [-0.1, -0.05) is 17.3 Å². The summed E-state index contributed by atoms with van der Waals surface area (Å²) in [6, 6.07) is 10.3. The quantitative estimate of drug-likeness (QED) is 0.505. The molecule has 0 atom stereocenters. The molecular formula is C21H19N5O4. The van der Waals surface area contributed by atoms with Crippen LogP contribution in [0, 0.1) is 13.8 Å². The minimum Gasteiger partial charge on any atom is -0.473 e. The van der Waals surface area contributed by atoms with Crippen molar-refractivity contribution in [2.75, 3.05) is 0 Å². The van der Waals surface area contributed by atoms with Crippen LogP contribution in [0.2, 0.25) is 0 Å². The summed E-state index contributed by atoms with van der Waals surface area (Å²) < 4.78 is 10.8. The number of amides is 1. The van der Waals surface area contributed by atoms with Gasteiger partial charge in [-0.25, -0.2) is 9.97 Å². The summed E-state index contributed by atoms with van der Waals surface area (Å²) in [5.74, 6) is 0.599. The SMILES string of the molecule is Cc1noc(C)c1COc1cc(CNC(=O)c2nc3ccccc3c(=O)[nH]2)ccn1. The number of H-pyrrole nitrogens is 1. The largest absolute Gasteiger partial charge is 0.473 e. The zero-order chi connectivity index (χ0) is 21.1. The maximum atomic E-state index is 12.4. The summed E-state index contributed by atoms with van der Waals surface area (Å²) in [6.45, 7) is 4.18. The van der Waals surface area contributed by atoms with E-state index in [2.05, 4.69) is 25.4 Å². The maximum absolute atomic E-state index is 12.4. The van der Waals surface area contributed by atoms with E-state index >= 15 is 0 Å². The smallest absolute Gasteiger partial charge is 0.287 e. The number of carbonyl (C=O) groups excluding carboxylic acids is 1. The van der Waals surface area contributed by atoms with Crippen molar-refractivity contribution in [1.29, 1.82) is 0 Å². The van der Waals surface area contributed by atoms with Crippen LogP contribution in [-0.2, 0) is 13.2 Å². The van der Waals surface area contributed by atoms with Gasteiger partial charge in [-0.15, -0.1) is 0 Å². The number of pyridine rings is 1. The van der Waals surface area contributed by atoms with Crippen LogP contribution in [0.3, 0.4) is 0 Å². The van der Waals surface area contributed by atoms with Gasteiger partial charge in [0, 0.05) is 18.8 Å². The van der Waals surface area contributed by atoms with Gasteiger partial charge in [0.05, 0.1) is 22.2 Å². The van der Waals surface area contributed by atoms with Crippen LogP contribution in [0.4, 0.5) is 0 Å². The van der Waals surface area contributed by atoms with E-state index in [1.54, 1.807) is 42.6 Å². The van der Waals surface area contributed by atoms with Gasteiger partial charge in [0.25, 0.3) is 11.5 Å². The highest BCUT2D eigenvalue weighted by molar-refractivity contribution is 5.92. The standard InChI is InChI=1S/C21H19N5O4/c1-12-16(13(2)30-26-12)11-29-18-9-14(7-8-22-18)10-23-21(28)19-24-17-6-4-3-5-15(17)20(27)25-19/h3-9H,10-11H2,1-2H3,(H,23,28)(H,24,25,27). The molecule has 4 rings (SSSR count). The van der Waals surface area contributed by atoms with E-state index in [1.807, 2.05) is 13.8 Å². The number of fused-ring (bicyclic) bond motifs is 1. The van der Waals surface area contributed by atoms with Crippen LogP contribution in [0.25, 0.3) is 10.9 Å². The molecule has 0 fully saturated rings. The number of nitrogens with zero attached hydrogens (tertiary/aromatic N) is 3. The average molecular weight is 405 g/mol. The first kappa shape index (κ1) is 19.3. The fraction of sp³-hybridized carbons (Fsp3) is 0.190. The Hall–Kier alpha value is -4.01. The lowest BCUT2D eigenvalue weighted by Crippen LogP contribution is -2.27. The van der Waals surface area contributed by atoms with Crippen molar-refractivity contribution in [3.05, 3.63) is 81.4 Å². The Bertz CT molecular complexity index is 1260. The van der Waals surface area contributed by atoms with Gasteiger partial charge < -0.3 is 19.6 Å². The number of aromatic amines is 1. The Balaban J connectivity index is 1.42. The third-order valence-corrected chi connectivity index (χ3v) is 4.63. The number of rotatable bonds is 6. The van der Waals surface area contributed by atoms with Crippen LogP contribution in [-0.4, -0.2) is 26.0 Å². The lowest BCUT2D eigenvalue weighted by molar-refractivity contribution is 0.0940. The fourth-order valence-corrected chi connectivity index (χ4v) is 2.95. The van der Waals surface area contributed by atoms with Crippen molar-refractivity contribution < 1.29 is 14.1 Å². The van der Waals surface area contributed by atoms with Crippen LogP contribution >= 0.6 is 0 Å². The molecule has 0 saturated carbocycles. The van der Waals surface area contributed by atoms with Gasteiger partial charge in [0.2, 0.25) is 5.88 Å². The summed E-state index contributed by atoms with van der Waals surface area (Å²) >= 11 is 0. The van der Waals surface area contributed by atoms with Crippen LogP contribution < -0.4 is 15.6 Å². The van der Waals surface area contributed by atoms with Gasteiger partial charge in [0.15, 0.2) is 5.82 Å². The molecule has 30 heavy (non-hydrogen) atoms. The Morgan fingerprint density at radius 1 is 1.23 bits per heavy atom. The molecule has 1 aromatic carbocycles. The second kappa shape index (κ2) is 8.16. The minimum absolute atomic E-state index is 0.0392. The van der Waals surface area contributed by atoms with Crippen LogP contribution in [0.15, 0.2) is 51.9 Å². The summed E-state index contributed by atoms with van der Waals surface area (Å²) in [5.41, 5.74) is 2.54. The summed E-state index contributed by atoms with van der Waals surface area (Å²) in [5, 5.41) is 7.07. The zero-order valence-electron chi connectivity index (χ0n) is 16.4. The first-order chi connectivity index (χ1) is 14.5. The molecule has 0 radical (unpaired) electrons. The molecule has 2 N–H and O–H groups in total. The summed E-state index contributed by atoms with van der Waals surface area (Å²) in [4.78, 5) is 35.5. The van der Waals surface area contributed by atoms with Crippen LogP contribution in [0.1, 0.15) is 33.2 Å². The molecule has 9 nitrogen and oxygen atoms in total. The monoisotopic (exact) mass is 405 g/mol. The first-order valence-electron chi connectivity index (χ1n) is 9.28. The van der Waals surface area contributed by atoms with Gasteiger partial charge in [-0.05, 0) is 37.6 Å². The summed E-state index contributed by atoms with van der Waals surface area (Å²) in [6.07, 6.45) is 1.60. The number of nitrogens with one attached hydrogen (secondary N) is 2. The highest BCUT2D eigenvalue weighted by atomic mass is 16.5. The number of aromatic nitrogens is 4. The maximum Gasteiger partial charge on any atom is 0.287 e. The molecule has 3 heterocycles. The van der Waals surface area contributed by atoms with Crippen molar-refractivity contribution in [2.24, 2.45) is 0 Å². The third-order valence-electron chi connectivity index (χ3n) is 4.63. The van der Waals surface area contributed by atoms with Crippen molar-refractivity contribution in [3.63, 3.8) is 0 Å². The number of para-hydroxylation sites is 1. The van der Waals surface area contributed by atoms with E-state index in [4.69, 9.17) is 9.26 Å². The molecule has 0 spiro atoms. The number of benzene rings is 1. The number of aryl methyl sites for hydroxylation is 2. The highest BCUT2D eigenvalue weighted by Crippen LogP contribution is 2.16. The van der Waals surface area contributed by atoms with Gasteiger partial charge in [0.1, 0.15) is 12.4 Å². The number of hydrogen-bond donors (Lipinski definition) is 2. The molecule has 9 heteroatoms. The number of carbonyl (C=O) groups is 1. The van der Waals surface area contributed by atoms with Gasteiger partial charge in [-0.3, -0.25) is 9.59 Å². The van der Waals surface area contributed by atoms with E-state index in [0.717, 1.165) is 16.8 Å². The van der Waals surface area contributed by atoms with E-state index in [0.29, 0.717) is 22.5 Å². The third kappa shape index (κ3) is 4.04. The first-order valence-corrected chi connectivity index (χ1v) is 9.28. The Labute approximate surface area is 171 Å². The molecule has 0 aliphatic carbocycles. The second-order valence-electron chi connectivity index (χ2n) is 6.71. The minimum atomic E-state index is -0.479. The Morgan fingerprint density at radius 3 is 2.87 bits per heavy atom. The van der Waals surface area contributed by atoms with E-state index in [9.17, 15) is 9.59 Å². The van der Waals surface area contributed by atoms with Crippen molar-refractivity contribution in [1.82, 2.24) is 25.4 Å². The van der Waals surface area contributed by atoms with Gasteiger partial charge >= 0.3 is 0 Å². The van der Waals surface area contributed by atoms with E-state index in [-0.39, 0.29) is 24.5 Å². The second-order valence-corrected chi connectivity index (χ2v) is 6.71. The molecule has 0 bridgehead atoms. The summed E-state index contributed by atoms with van der Waals surface area (Å²) in [7, 11) is 0. The molecule has 0 aliphatic heterocycles. The zero-order valence-corrected chi connectivity index (χ0v) is 16.4. The normalized spacial score (nSPS) is 10.9. The van der Waals surface area contributed by atoms with E-state index < -0.39 is 5.91 Å². The van der Waals surface area contributed by atoms with Crippen LogP contribution in [0.5, 0.6) is 5.88 Å². The predicted molar refractivity (Wildman–Crippen MR) is 108 cm³/mol. The Kier molecular flexibility index (Phi) is 5.25. The van der Waals surface area contributed by atoms with Crippen molar-refractivity contribution in [3.8, 4) is 5.88 Å². The van der Waals surface area contributed by atoms with Gasteiger partial charge in [-0.2, -0.15) is 0 Å². The highest BCUT2D eigenvalue weighted by Gasteiger charge is 2.12. The molecule has 0 aliphatic rings. The topological polar surface area (TPSA) is 123 Å². The molecular weight excluding hydrogens is 386 g/mol. The molecule has 1 amide bonds. The lowest BCUT2D eigenvalue weighted by Gasteiger charge is -2.08. The molecule has 4 aromatic rings. The van der Waals surface area contributed by atoms with E-state index in [1.165, 1.54) is 0 Å². The van der Waals surface area contributed by atoms with Crippen molar-refractivity contribution >= 4 is 16.8 Å². The average Bonchev–Trinajstić information content (AvgIpc) is 3.08. The number of ether oxygens (including phenoxy) is 1.